The molecule has 16 heavy (non-hydrogen) atoms. The third-order valence-electron chi connectivity index (χ3n) is 2.82. The molecule has 6 heteroatoms. The summed E-state index contributed by atoms with van der Waals surface area (Å²) in [6, 6.07) is 1.83. The molecule has 0 N–H and O–H groups in total. The van der Waals surface area contributed by atoms with E-state index in [0.717, 1.165) is 18.7 Å². The molecule has 1 fully saturated rings. The second-order valence-corrected chi connectivity index (χ2v) is 4.29. The van der Waals surface area contributed by atoms with Gasteiger partial charge in [-0.1, -0.05) is 11.6 Å². The number of ether oxygens (including phenoxy) is 1. The predicted octanol–water partition coefficient (Wildman–Crippen LogP) is 0.680. The molecule has 4 nitrogen and oxygen atoms in total. The Kier molecular flexibility index (Phi) is 2.37. The molecule has 3 rings (SSSR count). The van der Waals surface area contributed by atoms with Crippen LogP contribution in [0.4, 0.5) is 0 Å². The van der Waals surface area contributed by atoms with Gasteiger partial charge in [0.15, 0.2) is 0 Å². The molecule has 1 aliphatic rings. The molecule has 1 saturated heterocycles. The summed E-state index contributed by atoms with van der Waals surface area (Å²) in [6.45, 7) is 1.48. The number of hydrogen-bond acceptors (Lipinski definition) is 3. The molecule has 2 aromatic heterocycles. The van der Waals surface area contributed by atoms with E-state index >= 15 is 0 Å². The van der Waals surface area contributed by atoms with Crippen LogP contribution in [0.1, 0.15) is 18.0 Å². The zero-order chi connectivity index (χ0) is 11.1. The van der Waals surface area contributed by atoms with Crippen LogP contribution in [0.5, 0.6) is 0 Å². The van der Waals surface area contributed by atoms with Crippen LogP contribution in [-0.2, 0) is 4.74 Å². The molecule has 0 aromatic carbocycles. The van der Waals surface area contributed by atoms with Gasteiger partial charge in [-0.05, 0) is 17.9 Å². The SMILES string of the molecule is [B]c1cnn2c(Cl)cc(C3CCOC3)nc12. The highest BCUT2D eigenvalue weighted by Crippen LogP contribution is 2.25. The molecule has 1 unspecified atom stereocenters. The lowest BCUT2D eigenvalue weighted by molar-refractivity contribution is 0.193. The van der Waals surface area contributed by atoms with Crippen LogP contribution in [0.25, 0.3) is 5.65 Å². The monoisotopic (exact) mass is 233 g/mol. The van der Waals surface area contributed by atoms with E-state index in [4.69, 9.17) is 24.2 Å². The summed E-state index contributed by atoms with van der Waals surface area (Å²) in [5, 5.41) is 4.58. The Labute approximate surface area is 99.0 Å². The largest absolute Gasteiger partial charge is 0.381 e. The second-order valence-electron chi connectivity index (χ2n) is 3.90. The minimum Gasteiger partial charge on any atom is -0.381 e. The Hall–Kier alpha value is -1.07. The van der Waals surface area contributed by atoms with Gasteiger partial charge in [-0.15, -0.1) is 0 Å². The highest BCUT2D eigenvalue weighted by molar-refractivity contribution is 6.36. The van der Waals surface area contributed by atoms with Crippen molar-refractivity contribution in [3.05, 3.63) is 23.1 Å². The Morgan fingerprint density at radius 3 is 3.19 bits per heavy atom. The van der Waals surface area contributed by atoms with Crippen LogP contribution < -0.4 is 5.46 Å². The van der Waals surface area contributed by atoms with Gasteiger partial charge in [-0.3, -0.25) is 0 Å². The Morgan fingerprint density at radius 2 is 2.44 bits per heavy atom. The number of fused-ring (bicyclic) bond motifs is 1. The molecule has 0 saturated carbocycles. The van der Waals surface area contributed by atoms with Gasteiger partial charge in [0.1, 0.15) is 18.6 Å². The van der Waals surface area contributed by atoms with E-state index in [9.17, 15) is 0 Å². The Bertz CT molecular complexity index is 536. The van der Waals surface area contributed by atoms with Crippen LogP contribution in [0.2, 0.25) is 5.15 Å². The van der Waals surface area contributed by atoms with Crippen molar-refractivity contribution in [3.63, 3.8) is 0 Å². The topological polar surface area (TPSA) is 39.4 Å². The van der Waals surface area contributed by atoms with Crippen LogP contribution in [0.15, 0.2) is 12.3 Å². The molecule has 80 valence electrons. The van der Waals surface area contributed by atoms with Gasteiger partial charge in [0.25, 0.3) is 0 Å². The molecule has 1 atom stereocenters. The van der Waals surface area contributed by atoms with Gasteiger partial charge in [0.05, 0.1) is 12.3 Å². The van der Waals surface area contributed by atoms with Crippen LogP contribution in [-0.4, -0.2) is 35.7 Å². The summed E-state index contributed by atoms with van der Waals surface area (Å²) in [5.74, 6) is 0.316. The number of hydrogen-bond donors (Lipinski definition) is 0. The first-order chi connectivity index (χ1) is 7.75. The molecule has 2 radical (unpaired) electrons. The number of nitrogens with zero attached hydrogens (tertiary/aromatic N) is 3. The molecular weight excluding hydrogens is 224 g/mol. The van der Waals surface area contributed by atoms with E-state index in [1.54, 1.807) is 6.20 Å². The summed E-state index contributed by atoms with van der Waals surface area (Å²) in [4.78, 5) is 4.49. The highest BCUT2D eigenvalue weighted by atomic mass is 35.5. The van der Waals surface area contributed by atoms with Gasteiger partial charge < -0.3 is 4.74 Å². The summed E-state index contributed by atoms with van der Waals surface area (Å²) in [6.07, 6.45) is 2.54. The number of halogens is 1. The molecular formula is C10H9BClN3O. The zero-order valence-electron chi connectivity index (χ0n) is 8.56. The molecule has 3 heterocycles. The quantitative estimate of drug-likeness (QED) is 0.537. The van der Waals surface area contributed by atoms with Crippen LogP contribution in [0.3, 0.4) is 0 Å². The molecule has 1 aliphatic heterocycles. The summed E-state index contributed by atoms with van der Waals surface area (Å²) < 4.78 is 6.88. The van der Waals surface area contributed by atoms with Crippen molar-refractivity contribution < 1.29 is 4.74 Å². The Balaban J connectivity index is 2.15. The Morgan fingerprint density at radius 1 is 1.56 bits per heavy atom. The molecule has 0 amide bonds. The lowest BCUT2D eigenvalue weighted by Crippen LogP contribution is -2.08. The number of aromatic nitrogens is 3. The third-order valence-corrected chi connectivity index (χ3v) is 3.09. The van der Waals surface area contributed by atoms with Crippen molar-refractivity contribution in [2.75, 3.05) is 13.2 Å². The number of rotatable bonds is 1. The van der Waals surface area contributed by atoms with E-state index < -0.39 is 0 Å². The summed E-state index contributed by atoms with van der Waals surface area (Å²) in [7, 11) is 5.78. The molecule has 0 aliphatic carbocycles. The van der Waals surface area contributed by atoms with Gasteiger partial charge >= 0.3 is 0 Å². The van der Waals surface area contributed by atoms with E-state index in [1.165, 1.54) is 4.52 Å². The van der Waals surface area contributed by atoms with Crippen LogP contribution in [0, 0.1) is 0 Å². The van der Waals surface area contributed by atoms with Gasteiger partial charge in [0.2, 0.25) is 0 Å². The normalized spacial score (nSPS) is 20.7. The van der Waals surface area contributed by atoms with Crippen LogP contribution >= 0.6 is 11.6 Å². The minimum atomic E-state index is 0.316. The lowest BCUT2D eigenvalue weighted by atomic mass is 10.00. The fourth-order valence-corrected chi connectivity index (χ4v) is 2.17. The maximum absolute atomic E-state index is 6.12. The second kappa shape index (κ2) is 3.75. The van der Waals surface area contributed by atoms with Crippen molar-refractivity contribution in [3.8, 4) is 0 Å². The van der Waals surface area contributed by atoms with Crippen molar-refractivity contribution in [1.29, 1.82) is 0 Å². The molecule has 0 bridgehead atoms. The molecule has 2 aromatic rings. The fraction of sp³-hybridized carbons (Fsp3) is 0.400. The standard InChI is InChI=1S/C10H9BClN3O/c11-7-4-13-15-9(12)3-8(14-10(7)15)6-1-2-16-5-6/h3-4,6H,1-2,5H2. The first-order valence-electron chi connectivity index (χ1n) is 5.13. The average Bonchev–Trinajstić information content (AvgIpc) is 2.88. The van der Waals surface area contributed by atoms with E-state index in [2.05, 4.69) is 10.1 Å². The zero-order valence-corrected chi connectivity index (χ0v) is 9.31. The van der Waals surface area contributed by atoms with Gasteiger partial charge in [-0.25, -0.2) is 9.50 Å². The van der Waals surface area contributed by atoms with Crippen molar-refractivity contribution in [2.45, 2.75) is 12.3 Å². The average molecular weight is 233 g/mol. The third kappa shape index (κ3) is 1.51. The smallest absolute Gasteiger partial charge is 0.149 e. The molecule has 0 spiro atoms. The minimum absolute atomic E-state index is 0.316. The van der Waals surface area contributed by atoms with Crippen molar-refractivity contribution in [1.82, 2.24) is 14.6 Å². The van der Waals surface area contributed by atoms with Crippen molar-refractivity contribution in [2.24, 2.45) is 0 Å². The maximum atomic E-state index is 6.12. The van der Waals surface area contributed by atoms with E-state index in [0.29, 0.717) is 28.8 Å². The first-order valence-corrected chi connectivity index (χ1v) is 5.51. The van der Waals surface area contributed by atoms with E-state index in [1.807, 2.05) is 6.07 Å². The van der Waals surface area contributed by atoms with E-state index in [-0.39, 0.29) is 0 Å². The van der Waals surface area contributed by atoms with Gasteiger partial charge in [0, 0.05) is 18.7 Å². The van der Waals surface area contributed by atoms with Crippen molar-refractivity contribution >= 4 is 30.6 Å². The van der Waals surface area contributed by atoms with Gasteiger partial charge in [-0.2, -0.15) is 5.10 Å². The summed E-state index contributed by atoms with van der Waals surface area (Å²) in [5.41, 5.74) is 2.10. The lowest BCUT2D eigenvalue weighted by Gasteiger charge is -2.08. The predicted molar refractivity (Wildman–Crippen MR) is 61.6 cm³/mol. The fourth-order valence-electron chi connectivity index (χ4n) is 1.94. The highest BCUT2D eigenvalue weighted by Gasteiger charge is 2.20. The first kappa shape index (κ1) is 10.1. The summed E-state index contributed by atoms with van der Waals surface area (Å²) >= 11 is 6.12. The maximum Gasteiger partial charge on any atom is 0.149 e.